The van der Waals surface area contributed by atoms with Gasteiger partial charge in [-0.15, -0.1) is 0 Å². The van der Waals surface area contributed by atoms with Crippen molar-refractivity contribution in [2.24, 2.45) is 0 Å². The molecule has 1 aliphatic heterocycles. The van der Waals surface area contributed by atoms with E-state index >= 15 is 0 Å². The van der Waals surface area contributed by atoms with Crippen molar-refractivity contribution >= 4 is 15.9 Å². The van der Waals surface area contributed by atoms with Crippen LogP contribution in [-0.4, -0.2) is 78.9 Å². The van der Waals surface area contributed by atoms with Gasteiger partial charge in [-0.1, -0.05) is 6.07 Å². The topological polar surface area (TPSA) is 97.0 Å². The van der Waals surface area contributed by atoms with E-state index in [1.54, 1.807) is 20.1 Å². The number of carbonyl (C=O) groups excluding carboxylic acids is 1. The van der Waals surface area contributed by atoms with Crippen LogP contribution in [0.5, 0.6) is 0 Å². The highest BCUT2D eigenvalue weighted by Crippen LogP contribution is 2.15. The molecule has 0 aliphatic carbocycles. The molecule has 8 nitrogen and oxygen atoms in total. The molecular formula is C17H27N3O5S. The second-order valence-electron chi connectivity index (χ2n) is 6.08. The first-order valence-electron chi connectivity index (χ1n) is 8.61. The second kappa shape index (κ2) is 9.98. The summed E-state index contributed by atoms with van der Waals surface area (Å²) in [7, 11) is -2.12. The molecule has 0 spiro atoms. The monoisotopic (exact) mass is 385 g/mol. The van der Waals surface area contributed by atoms with Gasteiger partial charge in [0.1, 0.15) is 0 Å². The number of benzene rings is 1. The van der Waals surface area contributed by atoms with Gasteiger partial charge in [-0.2, -0.15) is 0 Å². The largest absolute Gasteiger partial charge is 0.383 e. The highest BCUT2D eigenvalue weighted by Gasteiger charge is 2.18. The number of hydrogen-bond donors (Lipinski definition) is 2. The first kappa shape index (κ1) is 20.8. The van der Waals surface area contributed by atoms with Gasteiger partial charge >= 0.3 is 0 Å². The number of nitrogens with zero attached hydrogens (tertiary/aromatic N) is 1. The molecule has 9 heteroatoms. The molecule has 2 N–H and O–H groups in total. The molecule has 2 rings (SSSR count). The summed E-state index contributed by atoms with van der Waals surface area (Å²) in [6.07, 6.45) is 0. The molecule has 1 aliphatic rings. The fourth-order valence-corrected chi connectivity index (χ4v) is 3.67. The Hall–Kier alpha value is -1.52. The van der Waals surface area contributed by atoms with Gasteiger partial charge in [0.25, 0.3) is 5.91 Å². The Bertz CT molecular complexity index is 702. The van der Waals surface area contributed by atoms with E-state index in [0.717, 1.165) is 13.1 Å². The molecule has 0 unspecified atom stereocenters. The third-order valence-electron chi connectivity index (χ3n) is 4.18. The Morgan fingerprint density at radius 1 is 1.27 bits per heavy atom. The van der Waals surface area contributed by atoms with Crippen molar-refractivity contribution in [3.8, 4) is 0 Å². The lowest BCUT2D eigenvalue weighted by Gasteiger charge is -2.26. The molecule has 1 fully saturated rings. The third kappa shape index (κ3) is 6.03. The molecule has 0 aromatic heterocycles. The molecule has 1 aromatic carbocycles. The summed E-state index contributed by atoms with van der Waals surface area (Å²) in [5.74, 6) is -0.315. The number of amides is 1. The van der Waals surface area contributed by atoms with Gasteiger partial charge in [-0.05, 0) is 24.6 Å². The number of carbonyl (C=O) groups is 1. The van der Waals surface area contributed by atoms with Gasteiger partial charge in [-0.3, -0.25) is 9.69 Å². The highest BCUT2D eigenvalue weighted by molar-refractivity contribution is 7.89. The van der Waals surface area contributed by atoms with Crippen molar-refractivity contribution in [2.45, 2.75) is 11.8 Å². The molecule has 1 amide bonds. The van der Waals surface area contributed by atoms with Gasteiger partial charge in [0, 0.05) is 45.4 Å². The number of rotatable bonds is 9. The summed E-state index contributed by atoms with van der Waals surface area (Å²) in [5.41, 5.74) is 1.06. The van der Waals surface area contributed by atoms with Gasteiger partial charge in [0.05, 0.1) is 24.7 Å². The standard InChI is InChI=1S/C17H27N3O5S/c1-14-3-4-15(13-16(14)17(21)18-6-10-24-2)26(22,23)19-5-7-20-8-11-25-12-9-20/h3-4,13,19H,5-12H2,1-2H3,(H,18,21). The third-order valence-corrected chi connectivity index (χ3v) is 5.64. The fourth-order valence-electron chi connectivity index (χ4n) is 2.62. The average Bonchev–Trinajstić information content (AvgIpc) is 2.62. The van der Waals surface area contributed by atoms with E-state index in [0.29, 0.717) is 50.6 Å². The van der Waals surface area contributed by atoms with Crippen molar-refractivity contribution in [3.63, 3.8) is 0 Å². The van der Waals surface area contributed by atoms with E-state index in [4.69, 9.17) is 9.47 Å². The van der Waals surface area contributed by atoms with Crippen LogP contribution in [0.1, 0.15) is 15.9 Å². The highest BCUT2D eigenvalue weighted by atomic mass is 32.2. The smallest absolute Gasteiger partial charge is 0.251 e. The maximum atomic E-state index is 12.5. The van der Waals surface area contributed by atoms with Crippen LogP contribution in [0.3, 0.4) is 0 Å². The molecule has 0 saturated carbocycles. The Morgan fingerprint density at radius 3 is 2.69 bits per heavy atom. The van der Waals surface area contributed by atoms with Crippen molar-refractivity contribution in [1.82, 2.24) is 14.9 Å². The van der Waals surface area contributed by atoms with Gasteiger partial charge in [0.15, 0.2) is 0 Å². The van der Waals surface area contributed by atoms with E-state index in [-0.39, 0.29) is 10.8 Å². The molecule has 26 heavy (non-hydrogen) atoms. The summed E-state index contributed by atoms with van der Waals surface area (Å²) in [5, 5.41) is 2.71. The van der Waals surface area contributed by atoms with Crippen molar-refractivity contribution in [1.29, 1.82) is 0 Å². The quantitative estimate of drug-likeness (QED) is 0.580. The van der Waals surface area contributed by atoms with Crippen LogP contribution < -0.4 is 10.0 Å². The number of aryl methyl sites for hydroxylation is 1. The van der Waals surface area contributed by atoms with Crippen LogP contribution in [0, 0.1) is 6.92 Å². The van der Waals surface area contributed by atoms with Crippen LogP contribution in [-0.2, 0) is 19.5 Å². The number of sulfonamides is 1. The van der Waals surface area contributed by atoms with E-state index < -0.39 is 10.0 Å². The lowest BCUT2D eigenvalue weighted by atomic mass is 10.1. The maximum Gasteiger partial charge on any atom is 0.251 e. The lowest BCUT2D eigenvalue weighted by molar-refractivity contribution is 0.0390. The Balaban J connectivity index is 1.99. The number of hydrogen-bond acceptors (Lipinski definition) is 6. The van der Waals surface area contributed by atoms with Crippen LogP contribution in [0.2, 0.25) is 0 Å². The van der Waals surface area contributed by atoms with E-state index in [9.17, 15) is 13.2 Å². The van der Waals surface area contributed by atoms with Crippen molar-refractivity contribution in [3.05, 3.63) is 29.3 Å². The first-order chi connectivity index (χ1) is 12.4. The molecule has 0 radical (unpaired) electrons. The van der Waals surface area contributed by atoms with Crippen molar-refractivity contribution in [2.75, 3.05) is 59.7 Å². The SMILES string of the molecule is COCCNC(=O)c1cc(S(=O)(=O)NCCN2CCOCC2)ccc1C. The number of nitrogens with one attached hydrogen (secondary N) is 2. The summed E-state index contributed by atoms with van der Waals surface area (Å²) in [6.45, 7) is 6.42. The summed E-state index contributed by atoms with van der Waals surface area (Å²) in [4.78, 5) is 14.5. The zero-order valence-corrected chi connectivity index (χ0v) is 16.1. The number of morpholine rings is 1. The number of methoxy groups -OCH3 is 1. The number of ether oxygens (including phenoxy) is 2. The minimum absolute atomic E-state index is 0.0852. The molecule has 146 valence electrons. The zero-order valence-electron chi connectivity index (χ0n) is 15.3. The molecule has 1 aromatic rings. The Morgan fingerprint density at radius 2 is 2.00 bits per heavy atom. The minimum Gasteiger partial charge on any atom is -0.383 e. The fraction of sp³-hybridized carbons (Fsp3) is 0.588. The molecule has 0 bridgehead atoms. The van der Waals surface area contributed by atoms with E-state index in [1.165, 1.54) is 12.1 Å². The van der Waals surface area contributed by atoms with Gasteiger partial charge in [-0.25, -0.2) is 13.1 Å². The summed E-state index contributed by atoms with van der Waals surface area (Å²) in [6, 6.07) is 4.56. The molecular weight excluding hydrogens is 358 g/mol. The van der Waals surface area contributed by atoms with Gasteiger partial charge < -0.3 is 14.8 Å². The van der Waals surface area contributed by atoms with Crippen LogP contribution in [0.4, 0.5) is 0 Å². The molecule has 1 saturated heterocycles. The summed E-state index contributed by atoms with van der Waals surface area (Å²) < 4.78 is 37.8. The minimum atomic E-state index is -3.67. The maximum absolute atomic E-state index is 12.5. The average molecular weight is 385 g/mol. The predicted octanol–water partition coefficient (Wildman–Crippen LogP) is -0.0183. The van der Waals surface area contributed by atoms with Crippen LogP contribution in [0.15, 0.2) is 23.1 Å². The molecule has 1 heterocycles. The van der Waals surface area contributed by atoms with Crippen LogP contribution in [0.25, 0.3) is 0 Å². The second-order valence-corrected chi connectivity index (χ2v) is 7.84. The Labute approximate surface area is 154 Å². The zero-order chi connectivity index (χ0) is 19.0. The first-order valence-corrected chi connectivity index (χ1v) is 10.1. The van der Waals surface area contributed by atoms with E-state index in [1.807, 2.05) is 0 Å². The Kier molecular flexibility index (Phi) is 7.98. The normalized spacial score (nSPS) is 15.8. The predicted molar refractivity (Wildman–Crippen MR) is 97.8 cm³/mol. The lowest BCUT2D eigenvalue weighted by Crippen LogP contribution is -2.41. The summed E-state index contributed by atoms with van der Waals surface area (Å²) >= 11 is 0. The van der Waals surface area contributed by atoms with Crippen molar-refractivity contribution < 1.29 is 22.7 Å². The molecule has 0 atom stereocenters. The van der Waals surface area contributed by atoms with Crippen LogP contribution >= 0.6 is 0 Å². The van der Waals surface area contributed by atoms with E-state index in [2.05, 4.69) is 14.9 Å². The van der Waals surface area contributed by atoms with Gasteiger partial charge in [0.2, 0.25) is 10.0 Å².